The maximum absolute atomic E-state index is 11.4. The van der Waals surface area contributed by atoms with Crippen LogP contribution in [-0.2, 0) is 4.74 Å². The molecule has 0 saturated carbocycles. The molecule has 0 amide bonds. The molecule has 82 valence electrons. The number of hydrogen-bond acceptors (Lipinski definition) is 5. The van der Waals surface area contributed by atoms with Crippen molar-refractivity contribution in [2.75, 3.05) is 20.7 Å². The molecule has 0 atom stereocenters. The predicted octanol–water partition coefficient (Wildman–Crippen LogP) is 1.15. The molecule has 0 aliphatic heterocycles. The Bertz CT molecular complexity index is 358. The predicted molar refractivity (Wildman–Crippen MR) is 52.7 cm³/mol. The van der Waals surface area contributed by atoms with Crippen LogP contribution in [0.3, 0.4) is 0 Å². The van der Waals surface area contributed by atoms with Crippen LogP contribution >= 0.6 is 0 Å². The van der Waals surface area contributed by atoms with Gasteiger partial charge < -0.3 is 4.74 Å². The summed E-state index contributed by atoms with van der Waals surface area (Å²) in [5.41, 5.74) is 0.280. The molecule has 0 aromatic carbocycles. The van der Waals surface area contributed by atoms with Gasteiger partial charge in [-0.3, -0.25) is 10.1 Å². The first-order valence-electron chi connectivity index (χ1n) is 4.44. The first kappa shape index (κ1) is 11.2. The highest BCUT2D eigenvalue weighted by Gasteiger charge is 2.14. The molecule has 1 N–H and O–H groups in total. The standard InChI is InChI=1S/C8H13N5O2/c1-4-15-8(14)6-5-9-10-7(6)11-12-13(2)3/h5H,4H2,1-3H3,(H,9,10)/b12-11+. The summed E-state index contributed by atoms with van der Waals surface area (Å²) in [6, 6.07) is 0. The Morgan fingerprint density at radius 1 is 1.67 bits per heavy atom. The van der Waals surface area contributed by atoms with Gasteiger partial charge in [0.2, 0.25) is 0 Å². The van der Waals surface area contributed by atoms with Gasteiger partial charge in [0.1, 0.15) is 5.56 Å². The zero-order valence-corrected chi connectivity index (χ0v) is 8.89. The number of esters is 1. The number of H-pyrrole nitrogens is 1. The van der Waals surface area contributed by atoms with Gasteiger partial charge in [-0.2, -0.15) is 5.10 Å². The van der Waals surface area contributed by atoms with Crippen LogP contribution in [0, 0.1) is 0 Å². The van der Waals surface area contributed by atoms with E-state index < -0.39 is 5.97 Å². The Labute approximate surface area is 87.1 Å². The van der Waals surface area contributed by atoms with E-state index in [0.717, 1.165) is 0 Å². The van der Waals surface area contributed by atoms with Crippen molar-refractivity contribution in [1.29, 1.82) is 0 Å². The van der Waals surface area contributed by atoms with Crippen LogP contribution in [0.2, 0.25) is 0 Å². The number of carbonyl (C=O) groups is 1. The van der Waals surface area contributed by atoms with Crippen LogP contribution in [0.25, 0.3) is 0 Å². The highest BCUT2D eigenvalue weighted by Crippen LogP contribution is 2.16. The molecular weight excluding hydrogens is 198 g/mol. The molecular formula is C8H13N5O2. The third-order valence-corrected chi connectivity index (χ3v) is 1.44. The van der Waals surface area contributed by atoms with Gasteiger partial charge in [0.25, 0.3) is 0 Å². The number of ether oxygens (including phenoxy) is 1. The van der Waals surface area contributed by atoms with Crippen molar-refractivity contribution in [3.63, 3.8) is 0 Å². The average molecular weight is 211 g/mol. The molecule has 15 heavy (non-hydrogen) atoms. The third-order valence-electron chi connectivity index (χ3n) is 1.44. The van der Waals surface area contributed by atoms with Crippen LogP contribution in [0.15, 0.2) is 16.5 Å². The number of rotatable bonds is 4. The molecule has 0 saturated heterocycles. The van der Waals surface area contributed by atoms with E-state index in [1.54, 1.807) is 21.0 Å². The van der Waals surface area contributed by atoms with Crippen molar-refractivity contribution in [2.45, 2.75) is 6.92 Å². The quantitative estimate of drug-likeness (QED) is 0.460. The minimum atomic E-state index is -0.459. The van der Waals surface area contributed by atoms with Crippen LogP contribution in [0.5, 0.6) is 0 Å². The van der Waals surface area contributed by atoms with Gasteiger partial charge in [-0.1, -0.05) is 5.22 Å². The largest absolute Gasteiger partial charge is 0.462 e. The maximum Gasteiger partial charge on any atom is 0.343 e. The van der Waals surface area contributed by atoms with Crippen LogP contribution in [0.1, 0.15) is 17.3 Å². The minimum Gasteiger partial charge on any atom is -0.462 e. The fraction of sp³-hybridized carbons (Fsp3) is 0.500. The SMILES string of the molecule is CCOC(=O)c1cn[nH]c1/N=N/N(C)C. The summed E-state index contributed by atoms with van der Waals surface area (Å²) in [4.78, 5) is 11.4. The lowest BCUT2D eigenvalue weighted by Crippen LogP contribution is -2.04. The first-order chi connectivity index (χ1) is 7.15. The Morgan fingerprint density at radius 3 is 3.00 bits per heavy atom. The van der Waals surface area contributed by atoms with E-state index >= 15 is 0 Å². The molecule has 1 aromatic heterocycles. The molecule has 0 radical (unpaired) electrons. The number of nitrogens with one attached hydrogen (secondary N) is 1. The molecule has 1 aromatic rings. The van der Waals surface area contributed by atoms with Gasteiger partial charge in [0, 0.05) is 14.1 Å². The molecule has 0 spiro atoms. The lowest BCUT2D eigenvalue weighted by molar-refractivity contribution is 0.0527. The average Bonchev–Trinajstić information content (AvgIpc) is 2.62. The van der Waals surface area contributed by atoms with Crippen molar-refractivity contribution in [3.05, 3.63) is 11.8 Å². The highest BCUT2D eigenvalue weighted by atomic mass is 16.5. The summed E-state index contributed by atoms with van der Waals surface area (Å²) in [5.74, 6) is -0.166. The number of carbonyl (C=O) groups excluding carboxylic acids is 1. The van der Waals surface area contributed by atoms with Crippen molar-refractivity contribution in [3.8, 4) is 0 Å². The van der Waals surface area contributed by atoms with Crippen molar-refractivity contribution < 1.29 is 9.53 Å². The Balaban J connectivity index is 2.82. The molecule has 0 aliphatic carbocycles. The van der Waals surface area contributed by atoms with Crippen LogP contribution in [0.4, 0.5) is 5.82 Å². The van der Waals surface area contributed by atoms with E-state index in [1.807, 2.05) is 0 Å². The fourth-order valence-corrected chi connectivity index (χ4v) is 0.848. The van der Waals surface area contributed by atoms with Crippen molar-refractivity contribution >= 4 is 11.8 Å². The van der Waals surface area contributed by atoms with Crippen molar-refractivity contribution in [2.24, 2.45) is 10.3 Å². The van der Waals surface area contributed by atoms with Gasteiger partial charge in [-0.05, 0) is 6.92 Å². The molecule has 0 aliphatic rings. The number of hydrogen-bond donors (Lipinski definition) is 1. The smallest absolute Gasteiger partial charge is 0.343 e. The van der Waals surface area contributed by atoms with Gasteiger partial charge in [0.15, 0.2) is 5.82 Å². The zero-order chi connectivity index (χ0) is 11.3. The Hall–Kier alpha value is -1.92. The summed E-state index contributed by atoms with van der Waals surface area (Å²) in [5, 5.41) is 15.3. The second kappa shape index (κ2) is 5.08. The summed E-state index contributed by atoms with van der Waals surface area (Å²) in [7, 11) is 3.45. The monoisotopic (exact) mass is 211 g/mol. The van der Waals surface area contributed by atoms with E-state index in [9.17, 15) is 4.79 Å². The Kier molecular flexibility index (Phi) is 3.78. The van der Waals surface area contributed by atoms with Crippen molar-refractivity contribution in [1.82, 2.24) is 15.2 Å². The maximum atomic E-state index is 11.4. The third kappa shape index (κ3) is 3.04. The summed E-state index contributed by atoms with van der Waals surface area (Å²) in [6.07, 6.45) is 1.36. The Morgan fingerprint density at radius 2 is 2.40 bits per heavy atom. The molecule has 0 bridgehead atoms. The van der Waals surface area contributed by atoms with Gasteiger partial charge in [0.05, 0.1) is 12.8 Å². The van der Waals surface area contributed by atoms with E-state index in [0.29, 0.717) is 12.4 Å². The number of aromatic nitrogens is 2. The summed E-state index contributed by atoms with van der Waals surface area (Å²) in [6.45, 7) is 2.05. The van der Waals surface area contributed by atoms with Gasteiger partial charge >= 0.3 is 5.97 Å². The molecule has 0 fully saturated rings. The van der Waals surface area contributed by atoms with E-state index in [2.05, 4.69) is 20.5 Å². The molecule has 7 nitrogen and oxygen atoms in total. The topological polar surface area (TPSA) is 82.9 Å². The van der Waals surface area contributed by atoms with E-state index in [-0.39, 0.29) is 5.56 Å². The number of aromatic amines is 1. The first-order valence-corrected chi connectivity index (χ1v) is 4.44. The molecule has 1 rings (SSSR count). The molecule has 0 unspecified atom stereocenters. The van der Waals surface area contributed by atoms with Crippen LogP contribution in [-0.4, -0.2) is 41.9 Å². The second-order valence-electron chi connectivity index (χ2n) is 2.89. The van der Waals surface area contributed by atoms with Gasteiger partial charge in [-0.15, -0.1) is 5.11 Å². The van der Waals surface area contributed by atoms with Crippen LogP contribution < -0.4 is 0 Å². The minimum absolute atomic E-state index is 0.280. The highest BCUT2D eigenvalue weighted by molar-refractivity contribution is 5.93. The molecule has 7 heteroatoms. The molecule has 1 heterocycles. The fourth-order valence-electron chi connectivity index (χ4n) is 0.848. The summed E-state index contributed by atoms with van der Waals surface area (Å²) < 4.78 is 4.82. The lowest BCUT2D eigenvalue weighted by atomic mass is 10.3. The number of nitrogens with zero attached hydrogens (tertiary/aromatic N) is 4. The second-order valence-corrected chi connectivity index (χ2v) is 2.89. The normalized spacial score (nSPS) is 10.6. The van der Waals surface area contributed by atoms with Gasteiger partial charge in [-0.25, -0.2) is 4.79 Å². The van der Waals surface area contributed by atoms with E-state index in [1.165, 1.54) is 11.2 Å². The lowest BCUT2D eigenvalue weighted by Gasteiger charge is -2.01. The zero-order valence-electron chi connectivity index (χ0n) is 8.89. The van der Waals surface area contributed by atoms with E-state index in [4.69, 9.17) is 4.74 Å². The summed E-state index contributed by atoms with van der Waals surface area (Å²) >= 11 is 0.